The summed E-state index contributed by atoms with van der Waals surface area (Å²) < 4.78 is 41.4. The van der Waals surface area contributed by atoms with Crippen LogP contribution < -0.4 is 10.1 Å². The van der Waals surface area contributed by atoms with Crippen LogP contribution in [0.2, 0.25) is 0 Å². The molecule has 0 heterocycles. The molecule has 0 aliphatic rings. The number of amides is 1. The van der Waals surface area contributed by atoms with E-state index in [0.29, 0.717) is 12.3 Å². The van der Waals surface area contributed by atoms with Crippen molar-refractivity contribution in [3.05, 3.63) is 29.8 Å². The SMILES string of the molecule is COc1ccccc1CN(C)C(C)C(=O)NCC(F)(F)F. The molecule has 1 aromatic carbocycles. The molecule has 0 spiro atoms. The molecule has 0 aromatic heterocycles. The number of nitrogens with zero attached hydrogens (tertiary/aromatic N) is 1. The number of carbonyl (C=O) groups is 1. The van der Waals surface area contributed by atoms with E-state index < -0.39 is 24.7 Å². The summed E-state index contributed by atoms with van der Waals surface area (Å²) in [6.07, 6.45) is -4.41. The van der Waals surface area contributed by atoms with Gasteiger partial charge in [-0.15, -0.1) is 0 Å². The molecule has 0 aliphatic heterocycles. The molecule has 1 aromatic rings. The number of benzene rings is 1. The van der Waals surface area contributed by atoms with E-state index in [-0.39, 0.29) is 0 Å². The molecule has 1 amide bonds. The molecule has 1 atom stereocenters. The second kappa shape index (κ2) is 7.31. The Morgan fingerprint density at radius 1 is 1.38 bits per heavy atom. The van der Waals surface area contributed by atoms with Gasteiger partial charge in [0.1, 0.15) is 12.3 Å². The molecule has 0 radical (unpaired) electrons. The lowest BCUT2D eigenvalue weighted by Crippen LogP contribution is -2.45. The van der Waals surface area contributed by atoms with Gasteiger partial charge < -0.3 is 10.1 Å². The van der Waals surface area contributed by atoms with Crippen molar-refractivity contribution in [1.82, 2.24) is 10.2 Å². The van der Waals surface area contributed by atoms with Crippen LogP contribution in [-0.2, 0) is 11.3 Å². The third-order valence-corrected chi connectivity index (χ3v) is 3.12. The first-order valence-corrected chi connectivity index (χ1v) is 6.41. The number of alkyl halides is 3. The number of ether oxygens (including phenoxy) is 1. The minimum Gasteiger partial charge on any atom is -0.496 e. The highest BCUT2D eigenvalue weighted by Gasteiger charge is 2.29. The number of likely N-dealkylation sites (N-methyl/N-ethyl adjacent to an activating group) is 1. The number of methoxy groups -OCH3 is 1. The lowest BCUT2D eigenvalue weighted by molar-refractivity contribution is -0.141. The van der Waals surface area contributed by atoms with Crippen LogP contribution in [0.4, 0.5) is 13.2 Å². The van der Waals surface area contributed by atoms with Gasteiger partial charge in [0, 0.05) is 12.1 Å². The van der Waals surface area contributed by atoms with E-state index in [1.165, 1.54) is 7.11 Å². The van der Waals surface area contributed by atoms with Crippen LogP contribution in [0, 0.1) is 0 Å². The summed E-state index contributed by atoms with van der Waals surface area (Å²) in [5.41, 5.74) is 0.859. The molecule has 1 rings (SSSR count). The maximum atomic E-state index is 12.1. The summed E-state index contributed by atoms with van der Waals surface area (Å²) >= 11 is 0. The second-order valence-corrected chi connectivity index (χ2v) is 4.74. The molecule has 1 N–H and O–H groups in total. The van der Waals surface area contributed by atoms with E-state index in [0.717, 1.165) is 5.56 Å². The molecule has 118 valence electrons. The lowest BCUT2D eigenvalue weighted by atomic mass is 10.1. The third-order valence-electron chi connectivity index (χ3n) is 3.12. The second-order valence-electron chi connectivity index (χ2n) is 4.74. The van der Waals surface area contributed by atoms with Gasteiger partial charge in [-0.25, -0.2) is 0 Å². The van der Waals surface area contributed by atoms with E-state index >= 15 is 0 Å². The highest BCUT2D eigenvalue weighted by molar-refractivity contribution is 5.81. The quantitative estimate of drug-likeness (QED) is 0.876. The number of carbonyl (C=O) groups excluding carboxylic acids is 1. The number of halogens is 3. The number of rotatable bonds is 6. The average Bonchev–Trinajstić information content (AvgIpc) is 2.43. The van der Waals surface area contributed by atoms with Crippen LogP contribution in [0.15, 0.2) is 24.3 Å². The Morgan fingerprint density at radius 2 is 2.00 bits per heavy atom. The summed E-state index contributed by atoms with van der Waals surface area (Å²) in [5.74, 6) is 0.0111. The molecule has 0 saturated carbocycles. The maximum Gasteiger partial charge on any atom is 0.405 e. The van der Waals surface area contributed by atoms with Gasteiger partial charge in [-0.2, -0.15) is 13.2 Å². The summed E-state index contributed by atoms with van der Waals surface area (Å²) in [5, 5.41) is 1.88. The molecule has 4 nitrogen and oxygen atoms in total. The van der Waals surface area contributed by atoms with E-state index in [1.54, 1.807) is 24.9 Å². The zero-order valence-electron chi connectivity index (χ0n) is 12.2. The lowest BCUT2D eigenvalue weighted by Gasteiger charge is -2.24. The van der Waals surface area contributed by atoms with Gasteiger partial charge >= 0.3 is 6.18 Å². The fourth-order valence-corrected chi connectivity index (χ4v) is 1.77. The fourth-order valence-electron chi connectivity index (χ4n) is 1.77. The Balaban J connectivity index is 2.61. The van der Waals surface area contributed by atoms with Crippen LogP contribution in [0.25, 0.3) is 0 Å². The van der Waals surface area contributed by atoms with Crippen LogP contribution in [0.3, 0.4) is 0 Å². The minimum atomic E-state index is -4.41. The summed E-state index contributed by atoms with van der Waals surface area (Å²) in [6, 6.07) is 6.60. The Morgan fingerprint density at radius 3 is 2.57 bits per heavy atom. The monoisotopic (exact) mass is 304 g/mol. The summed E-state index contributed by atoms with van der Waals surface area (Å²) in [6.45, 7) is 0.629. The van der Waals surface area contributed by atoms with Crippen molar-refractivity contribution < 1.29 is 22.7 Å². The molecule has 1 unspecified atom stereocenters. The van der Waals surface area contributed by atoms with Crippen molar-refractivity contribution in [3.63, 3.8) is 0 Å². The van der Waals surface area contributed by atoms with Crippen LogP contribution in [-0.4, -0.2) is 43.7 Å². The third kappa shape index (κ3) is 5.63. The zero-order valence-corrected chi connectivity index (χ0v) is 12.2. The predicted molar refractivity (Wildman–Crippen MR) is 73.0 cm³/mol. The van der Waals surface area contributed by atoms with E-state index in [4.69, 9.17) is 4.74 Å². The van der Waals surface area contributed by atoms with Crippen molar-refractivity contribution >= 4 is 5.91 Å². The molecule has 0 saturated heterocycles. The Kier molecular flexibility index (Phi) is 6.02. The number of nitrogens with one attached hydrogen (secondary N) is 1. The number of hydrogen-bond acceptors (Lipinski definition) is 3. The maximum absolute atomic E-state index is 12.1. The normalized spacial score (nSPS) is 13.1. The zero-order chi connectivity index (χ0) is 16.0. The summed E-state index contributed by atoms with van der Waals surface area (Å²) in [4.78, 5) is 13.3. The standard InChI is InChI=1S/C14H19F3N2O2/c1-10(13(20)18-9-14(15,16)17)19(2)8-11-6-4-5-7-12(11)21-3/h4-7,10H,8-9H2,1-3H3,(H,18,20). The highest BCUT2D eigenvalue weighted by Crippen LogP contribution is 2.19. The van der Waals surface area contributed by atoms with Crippen molar-refractivity contribution in [1.29, 1.82) is 0 Å². The fraction of sp³-hybridized carbons (Fsp3) is 0.500. The topological polar surface area (TPSA) is 41.6 Å². The van der Waals surface area contributed by atoms with E-state index in [1.807, 2.05) is 23.5 Å². The number of para-hydroxylation sites is 1. The van der Waals surface area contributed by atoms with Crippen LogP contribution in [0.1, 0.15) is 12.5 Å². The first kappa shape index (κ1) is 17.3. The Hall–Kier alpha value is -1.76. The van der Waals surface area contributed by atoms with Gasteiger partial charge in [-0.3, -0.25) is 9.69 Å². The largest absolute Gasteiger partial charge is 0.496 e. The molecular weight excluding hydrogens is 285 g/mol. The average molecular weight is 304 g/mol. The van der Waals surface area contributed by atoms with Crippen LogP contribution >= 0.6 is 0 Å². The van der Waals surface area contributed by atoms with Gasteiger partial charge in [0.15, 0.2) is 0 Å². The van der Waals surface area contributed by atoms with Gasteiger partial charge in [0.2, 0.25) is 5.91 Å². The molecule has 21 heavy (non-hydrogen) atoms. The molecule has 0 bridgehead atoms. The van der Waals surface area contributed by atoms with Gasteiger partial charge in [-0.05, 0) is 20.0 Å². The Bertz CT molecular complexity index is 478. The van der Waals surface area contributed by atoms with Crippen LogP contribution in [0.5, 0.6) is 5.75 Å². The van der Waals surface area contributed by atoms with Crippen molar-refractivity contribution in [2.45, 2.75) is 25.7 Å². The number of hydrogen-bond donors (Lipinski definition) is 1. The molecule has 0 aliphatic carbocycles. The minimum absolute atomic E-state index is 0.393. The first-order valence-electron chi connectivity index (χ1n) is 6.41. The van der Waals surface area contributed by atoms with Gasteiger partial charge in [-0.1, -0.05) is 18.2 Å². The van der Waals surface area contributed by atoms with Gasteiger partial charge in [0.25, 0.3) is 0 Å². The van der Waals surface area contributed by atoms with Crippen molar-refractivity contribution in [2.75, 3.05) is 20.7 Å². The highest BCUT2D eigenvalue weighted by atomic mass is 19.4. The molecule has 7 heteroatoms. The predicted octanol–water partition coefficient (Wildman–Crippen LogP) is 2.19. The van der Waals surface area contributed by atoms with Crippen molar-refractivity contribution in [2.24, 2.45) is 0 Å². The van der Waals surface area contributed by atoms with E-state index in [9.17, 15) is 18.0 Å². The van der Waals surface area contributed by atoms with E-state index in [2.05, 4.69) is 0 Å². The summed E-state index contributed by atoms with van der Waals surface area (Å²) in [7, 11) is 3.21. The molecule has 0 fully saturated rings. The smallest absolute Gasteiger partial charge is 0.405 e. The van der Waals surface area contributed by atoms with Crippen molar-refractivity contribution in [3.8, 4) is 5.75 Å². The van der Waals surface area contributed by atoms with Gasteiger partial charge in [0.05, 0.1) is 13.2 Å². The Labute approximate surface area is 121 Å². The first-order chi connectivity index (χ1) is 9.74. The molecular formula is C14H19F3N2O2.